The van der Waals surface area contributed by atoms with Gasteiger partial charge in [0.05, 0.1) is 23.8 Å². The van der Waals surface area contributed by atoms with Crippen LogP contribution in [-0.4, -0.2) is 72.3 Å². The van der Waals surface area contributed by atoms with Gasteiger partial charge >= 0.3 is 0 Å². The first-order valence-electron chi connectivity index (χ1n) is 9.95. The number of rotatable bonds is 8. The second kappa shape index (κ2) is 12.6. The van der Waals surface area contributed by atoms with E-state index >= 15 is 0 Å². The third-order valence-electron chi connectivity index (χ3n) is 4.88. The Bertz CT molecular complexity index is 850. The summed E-state index contributed by atoms with van der Waals surface area (Å²) in [5.74, 6) is 1.65. The van der Waals surface area contributed by atoms with Gasteiger partial charge in [0.2, 0.25) is 0 Å². The summed E-state index contributed by atoms with van der Waals surface area (Å²) >= 11 is 0. The number of ether oxygens (including phenoxy) is 1. The topological polar surface area (TPSA) is 109 Å². The molecule has 1 aromatic heterocycles. The van der Waals surface area contributed by atoms with E-state index in [2.05, 4.69) is 20.3 Å². The van der Waals surface area contributed by atoms with Gasteiger partial charge in [0.1, 0.15) is 5.76 Å². The lowest BCUT2D eigenvalue weighted by molar-refractivity contribution is -0.384. The summed E-state index contributed by atoms with van der Waals surface area (Å²) in [5, 5.41) is 18.2. The number of benzene rings is 1. The SMILES string of the molecule is COCCNC(=NCc1ccc([N+](=O)[O-])cc1)N1CCN(Cc2cc(C)on2)CC1.I. The van der Waals surface area contributed by atoms with Crippen LogP contribution in [0.2, 0.25) is 0 Å². The van der Waals surface area contributed by atoms with Crippen molar-refractivity contribution in [3.63, 3.8) is 0 Å². The second-order valence-electron chi connectivity index (χ2n) is 7.18. The molecule has 1 N–H and O–H groups in total. The van der Waals surface area contributed by atoms with Crippen molar-refractivity contribution >= 4 is 35.6 Å². The number of methoxy groups -OCH3 is 1. The minimum Gasteiger partial charge on any atom is -0.383 e. The van der Waals surface area contributed by atoms with E-state index in [-0.39, 0.29) is 29.7 Å². The molecule has 0 bridgehead atoms. The molecule has 0 saturated carbocycles. The fraction of sp³-hybridized carbons (Fsp3) is 0.500. The molecule has 0 aliphatic carbocycles. The highest BCUT2D eigenvalue weighted by molar-refractivity contribution is 14.0. The third kappa shape index (κ3) is 7.74. The fourth-order valence-corrected chi connectivity index (χ4v) is 3.26. The van der Waals surface area contributed by atoms with Crippen LogP contribution in [-0.2, 0) is 17.8 Å². The summed E-state index contributed by atoms with van der Waals surface area (Å²) in [5.41, 5.74) is 1.96. The van der Waals surface area contributed by atoms with Crippen LogP contribution in [0, 0.1) is 17.0 Å². The molecule has 1 fully saturated rings. The van der Waals surface area contributed by atoms with E-state index in [1.807, 2.05) is 13.0 Å². The summed E-state index contributed by atoms with van der Waals surface area (Å²) in [4.78, 5) is 19.7. The van der Waals surface area contributed by atoms with Gasteiger partial charge in [-0.2, -0.15) is 0 Å². The molecule has 0 radical (unpaired) electrons. The minimum absolute atomic E-state index is 0. The van der Waals surface area contributed by atoms with Crippen LogP contribution in [0.5, 0.6) is 0 Å². The highest BCUT2D eigenvalue weighted by atomic mass is 127. The van der Waals surface area contributed by atoms with Gasteiger partial charge in [0, 0.05) is 64.6 Å². The molecule has 0 amide bonds. The molecule has 1 aliphatic rings. The molecule has 3 rings (SSSR count). The fourth-order valence-electron chi connectivity index (χ4n) is 3.26. The number of hydrogen-bond acceptors (Lipinski definition) is 7. The predicted molar refractivity (Wildman–Crippen MR) is 128 cm³/mol. The number of nitrogens with zero attached hydrogens (tertiary/aromatic N) is 5. The van der Waals surface area contributed by atoms with Crippen LogP contribution >= 0.6 is 24.0 Å². The summed E-state index contributed by atoms with van der Waals surface area (Å²) in [6.07, 6.45) is 0. The molecular formula is C20H29IN6O4. The van der Waals surface area contributed by atoms with Crippen molar-refractivity contribution in [3.05, 3.63) is 57.5 Å². The Hall–Kier alpha value is -2.25. The third-order valence-corrected chi connectivity index (χ3v) is 4.88. The maximum absolute atomic E-state index is 10.8. The highest BCUT2D eigenvalue weighted by Crippen LogP contribution is 2.13. The standard InChI is InChI=1S/C20H28N6O4.HI/c1-16-13-18(23-30-16)15-24-8-10-25(11-9-24)20(21-7-12-29-2)22-14-17-3-5-19(6-4-17)26(27)28;/h3-6,13H,7-12,14-15H2,1-2H3,(H,21,22);1H. The number of nitro groups is 1. The van der Waals surface area contributed by atoms with E-state index < -0.39 is 4.92 Å². The Morgan fingerprint density at radius 3 is 2.58 bits per heavy atom. The van der Waals surface area contributed by atoms with Crippen LogP contribution in [0.4, 0.5) is 5.69 Å². The molecule has 0 atom stereocenters. The number of hydrogen-bond donors (Lipinski definition) is 1. The van der Waals surface area contributed by atoms with Crippen molar-refractivity contribution in [1.82, 2.24) is 20.3 Å². The Labute approximate surface area is 198 Å². The Kier molecular flexibility index (Phi) is 10.1. The molecule has 2 aromatic rings. The zero-order chi connectivity index (χ0) is 21.3. The number of guanidine groups is 1. The molecule has 170 valence electrons. The monoisotopic (exact) mass is 544 g/mol. The van der Waals surface area contributed by atoms with E-state index in [1.165, 1.54) is 12.1 Å². The first-order chi connectivity index (χ1) is 14.5. The molecule has 0 spiro atoms. The number of non-ortho nitro benzene ring substituents is 1. The Morgan fingerprint density at radius 2 is 2.00 bits per heavy atom. The van der Waals surface area contributed by atoms with Gasteiger partial charge in [0.15, 0.2) is 5.96 Å². The average molecular weight is 544 g/mol. The summed E-state index contributed by atoms with van der Waals surface area (Å²) in [7, 11) is 1.67. The number of aromatic nitrogens is 1. The summed E-state index contributed by atoms with van der Waals surface area (Å²) in [6, 6.07) is 8.47. The highest BCUT2D eigenvalue weighted by Gasteiger charge is 2.20. The van der Waals surface area contributed by atoms with Gasteiger partial charge in [-0.15, -0.1) is 24.0 Å². The van der Waals surface area contributed by atoms with Crippen molar-refractivity contribution in [2.24, 2.45) is 4.99 Å². The van der Waals surface area contributed by atoms with Crippen molar-refractivity contribution < 1.29 is 14.2 Å². The number of halogens is 1. The molecule has 1 aromatic carbocycles. The van der Waals surface area contributed by atoms with Gasteiger partial charge in [-0.1, -0.05) is 17.3 Å². The number of piperazine rings is 1. The quantitative estimate of drug-likeness (QED) is 0.135. The molecule has 1 saturated heterocycles. The van der Waals surface area contributed by atoms with Crippen LogP contribution in [0.1, 0.15) is 17.0 Å². The van der Waals surface area contributed by atoms with Gasteiger partial charge < -0.3 is 19.5 Å². The summed E-state index contributed by atoms with van der Waals surface area (Å²) in [6.45, 7) is 7.85. The molecule has 31 heavy (non-hydrogen) atoms. The molecule has 0 unspecified atom stereocenters. The maximum atomic E-state index is 10.8. The van der Waals surface area contributed by atoms with Crippen molar-refractivity contribution in [3.8, 4) is 0 Å². The first kappa shape index (κ1) is 25.0. The van der Waals surface area contributed by atoms with E-state index in [0.29, 0.717) is 19.7 Å². The number of nitrogens with one attached hydrogen (secondary N) is 1. The normalized spacial score (nSPS) is 14.9. The van der Waals surface area contributed by atoms with E-state index in [1.54, 1.807) is 19.2 Å². The molecule has 2 heterocycles. The van der Waals surface area contributed by atoms with Gasteiger partial charge in [-0.25, -0.2) is 4.99 Å². The van der Waals surface area contributed by atoms with Crippen LogP contribution < -0.4 is 5.32 Å². The largest absolute Gasteiger partial charge is 0.383 e. The molecule has 1 aliphatic heterocycles. The number of aryl methyl sites for hydroxylation is 1. The van der Waals surface area contributed by atoms with Gasteiger partial charge in [-0.05, 0) is 12.5 Å². The van der Waals surface area contributed by atoms with Crippen molar-refractivity contribution in [2.75, 3.05) is 46.4 Å². The number of nitro benzene ring substituents is 1. The smallest absolute Gasteiger partial charge is 0.269 e. The molecule has 10 nitrogen and oxygen atoms in total. The lowest BCUT2D eigenvalue weighted by atomic mass is 10.2. The second-order valence-corrected chi connectivity index (χ2v) is 7.18. The van der Waals surface area contributed by atoms with E-state index in [9.17, 15) is 10.1 Å². The first-order valence-corrected chi connectivity index (χ1v) is 9.95. The van der Waals surface area contributed by atoms with Crippen molar-refractivity contribution in [1.29, 1.82) is 0 Å². The van der Waals surface area contributed by atoms with Gasteiger partial charge in [-0.3, -0.25) is 15.0 Å². The zero-order valence-corrected chi connectivity index (χ0v) is 20.2. The molecule has 11 heteroatoms. The Balaban J connectivity index is 0.00000341. The van der Waals surface area contributed by atoms with Gasteiger partial charge in [0.25, 0.3) is 5.69 Å². The zero-order valence-electron chi connectivity index (χ0n) is 17.8. The maximum Gasteiger partial charge on any atom is 0.269 e. The Morgan fingerprint density at radius 1 is 1.29 bits per heavy atom. The van der Waals surface area contributed by atoms with E-state index in [0.717, 1.165) is 55.7 Å². The molecular weight excluding hydrogens is 515 g/mol. The lowest BCUT2D eigenvalue weighted by Gasteiger charge is -2.36. The predicted octanol–water partition coefficient (Wildman–Crippen LogP) is 2.42. The van der Waals surface area contributed by atoms with Crippen molar-refractivity contribution in [2.45, 2.75) is 20.0 Å². The van der Waals surface area contributed by atoms with E-state index in [4.69, 9.17) is 14.3 Å². The minimum atomic E-state index is -0.398. The number of aliphatic imine (C=N–C) groups is 1. The summed E-state index contributed by atoms with van der Waals surface area (Å²) < 4.78 is 10.3. The van der Waals surface area contributed by atoms with Crippen LogP contribution in [0.3, 0.4) is 0 Å². The van der Waals surface area contributed by atoms with Crippen LogP contribution in [0.25, 0.3) is 0 Å². The average Bonchev–Trinajstić information content (AvgIpc) is 3.16. The van der Waals surface area contributed by atoms with Crippen LogP contribution in [0.15, 0.2) is 39.8 Å². The lowest BCUT2D eigenvalue weighted by Crippen LogP contribution is -2.52.